The SMILES string of the molecule is COc1ccc(C23CCC(CN(C(=O)C4CCC(OC(=O)NC5CCCCC5)CC4)c4cc(-c5cnn(C(C)(C)C)c5)ccn4)(CC2)CC3)cc1C. The number of alkyl carbamates (subject to hydrolysis) is 1. The van der Waals surface area contributed by atoms with Crippen LogP contribution in [0.2, 0.25) is 0 Å². The highest BCUT2D eigenvalue weighted by atomic mass is 16.6. The van der Waals surface area contributed by atoms with Crippen molar-refractivity contribution in [2.45, 2.75) is 147 Å². The standard InChI is InChI=1S/C43H59N5O4/c1-30-25-34(13-16-37(30)51-5)43-21-18-42(19-22-43,20-23-43)29-47(38-26-32(17-24-44-38)33-27-45-48(28-33)41(2,3)4)39(49)31-11-14-36(15-12-31)52-40(50)46-35-9-7-6-8-10-35/h13,16-17,24-28,31,35-36H,6-12,14-15,18-23,29H2,1-5H3,(H,46,50). The van der Waals surface area contributed by atoms with Crippen LogP contribution in [0.4, 0.5) is 10.6 Å². The lowest BCUT2D eigenvalue weighted by Crippen LogP contribution is -2.52. The second-order valence-electron chi connectivity index (χ2n) is 17.5. The Morgan fingerprint density at radius 2 is 1.63 bits per heavy atom. The van der Waals surface area contributed by atoms with Crippen LogP contribution in [0.3, 0.4) is 0 Å². The highest BCUT2D eigenvalue weighted by Crippen LogP contribution is 2.58. The van der Waals surface area contributed by atoms with Crippen molar-refractivity contribution in [2.75, 3.05) is 18.6 Å². The molecule has 5 fully saturated rings. The summed E-state index contributed by atoms with van der Waals surface area (Å²) in [5.41, 5.74) is 4.78. The summed E-state index contributed by atoms with van der Waals surface area (Å²) in [7, 11) is 1.74. The minimum absolute atomic E-state index is 0.0608. The van der Waals surface area contributed by atoms with E-state index in [1.54, 1.807) is 7.11 Å². The Hall–Kier alpha value is -3.88. The molecule has 5 aliphatic rings. The molecule has 0 radical (unpaired) electrons. The molecular formula is C43H59N5O4. The zero-order chi connectivity index (χ0) is 36.5. The molecule has 1 aromatic carbocycles. The fraction of sp³-hybridized carbons (Fsp3) is 0.628. The van der Waals surface area contributed by atoms with E-state index in [2.05, 4.69) is 68.6 Å². The van der Waals surface area contributed by atoms with Crippen molar-refractivity contribution >= 4 is 17.8 Å². The first-order chi connectivity index (χ1) is 25.0. The van der Waals surface area contributed by atoms with Gasteiger partial charge in [-0.1, -0.05) is 31.4 Å². The largest absolute Gasteiger partial charge is 0.496 e. The van der Waals surface area contributed by atoms with E-state index in [1.807, 2.05) is 28.0 Å². The van der Waals surface area contributed by atoms with E-state index in [9.17, 15) is 9.59 Å². The van der Waals surface area contributed by atoms with Crippen LogP contribution in [0.25, 0.3) is 11.1 Å². The molecular weight excluding hydrogens is 651 g/mol. The quantitative estimate of drug-likeness (QED) is 0.238. The molecule has 2 heterocycles. The first kappa shape index (κ1) is 36.5. The van der Waals surface area contributed by atoms with Crippen LogP contribution in [0.15, 0.2) is 48.9 Å². The Labute approximate surface area is 310 Å². The summed E-state index contributed by atoms with van der Waals surface area (Å²) in [4.78, 5) is 34.4. The van der Waals surface area contributed by atoms with E-state index in [1.165, 1.54) is 17.5 Å². The number of nitrogens with one attached hydrogen (secondary N) is 1. The van der Waals surface area contributed by atoms with Crippen LogP contribution in [0.1, 0.15) is 128 Å². The van der Waals surface area contributed by atoms with E-state index in [-0.39, 0.29) is 46.4 Å². The molecule has 2 aromatic heterocycles. The normalized spacial score (nSPS) is 26.5. The molecule has 8 rings (SSSR count). The molecule has 9 nitrogen and oxygen atoms in total. The summed E-state index contributed by atoms with van der Waals surface area (Å²) >= 11 is 0. The molecule has 0 aliphatic heterocycles. The summed E-state index contributed by atoms with van der Waals surface area (Å²) in [6, 6.07) is 11.1. The van der Waals surface area contributed by atoms with Gasteiger partial charge in [0.15, 0.2) is 0 Å². The summed E-state index contributed by atoms with van der Waals surface area (Å²) in [6.07, 6.45) is 20.5. The number of ether oxygens (including phenoxy) is 2. The average Bonchev–Trinajstić information content (AvgIpc) is 3.67. The number of fused-ring (bicyclic) bond motifs is 3. The number of anilines is 1. The third kappa shape index (κ3) is 7.74. The minimum Gasteiger partial charge on any atom is -0.496 e. The lowest BCUT2D eigenvalue weighted by atomic mass is 9.51. The molecule has 9 heteroatoms. The number of aryl methyl sites for hydroxylation is 1. The van der Waals surface area contributed by atoms with Crippen molar-refractivity contribution < 1.29 is 19.1 Å². The maximum atomic E-state index is 14.7. The molecule has 280 valence electrons. The predicted octanol–water partition coefficient (Wildman–Crippen LogP) is 9.26. The van der Waals surface area contributed by atoms with Gasteiger partial charge < -0.3 is 14.8 Å². The molecule has 2 bridgehead atoms. The predicted molar refractivity (Wildman–Crippen MR) is 205 cm³/mol. The summed E-state index contributed by atoms with van der Waals surface area (Å²) in [6.45, 7) is 9.25. The zero-order valence-corrected chi connectivity index (χ0v) is 32.1. The zero-order valence-electron chi connectivity index (χ0n) is 32.1. The number of amides is 2. The van der Waals surface area contributed by atoms with Crippen LogP contribution in [-0.4, -0.2) is 52.6 Å². The van der Waals surface area contributed by atoms with Crippen molar-refractivity contribution in [2.24, 2.45) is 11.3 Å². The van der Waals surface area contributed by atoms with E-state index < -0.39 is 0 Å². The van der Waals surface area contributed by atoms with Gasteiger partial charge in [-0.15, -0.1) is 0 Å². The maximum Gasteiger partial charge on any atom is 0.407 e. The maximum absolute atomic E-state index is 14.7. The fourth-order valence-electron chi connectivity index (χ4n) is 9.58. The number of rotatable bonds is 9. The van der Waals surface area contributed by atoms with Crippen LogP contribution >= 0.6 is 0 Å². The van der Waals surface area contributed by atoms with E-state index >= 15 is 0 Å². The van der Waals surface area contributed by atoms with Crippen LogP contribution < -0.4 is 15.0 Å². The summed E-state index contributed by atoms with van der Waals surface area (Å²) < 4.78 is 13.4. The van der Waals surface area contributed by atoms with Crippen molar-refractivity contribution in [1.82, 2.24) is 20.1 Å². The van der Waals surface area contributed by atoms with Gasteiger partial charge in [0, 0.05) is 36.5 Å². The van der Waals surface area contributed by atoms with Crippen LogP contribution in [0.5, 0.6) is 5.75 Å². The first-order valence-corrected chi connectivity index (χ1v) is 19.9. The Morgan fingerprint density at radius 1 is 0.923 bits per heavy atom. The number of hydrogen-bond acceptors (Lipinski definition) is 6. The third-order valence-electron chi connectivity index (χ3n) is 13.0. The molecule has 5 saturated carbocycles. The van der Waals surface area contributed by atoms with Crippen LogP contribution in [0, 0.1) is 18.3 Å². The highest BCUT2D eigenvalue weighted by Gasteiger charge is 2.51. The van der Waals surface area contributed by atoms with Gasteiger partial charge in [-0.3, -0.25) is 14.4 Å². The number of carbonyl (C=O) groups is 2. The second-order valence-corrected chi connectivity index (χ2v) is 17.5. The lowest BCUT2D eigenvalue weighted by Gasteiger charge is -2.55. The average molecular weight is 710 g/mol. The first-order valence-electron chi connectivity index (χ1n) is 19.9. The summed E-state index contributed by atoms with van der Waals surface area (Å²) in [5.74, 6) is 1.70. The van der Waals surface area contributed by atoms with E-state index in [0.717, 1.165) is 86.9 Å². The number of nitrogens with zero attached hydrogens (tertiary/aromatic N) is 4. The van der Waals surface area contributed by atoms with Gasteiger partial charge in [0.2, 0.25) is 5.91 Å². The Balaban J connectivity index is 1.08. The number of methoxy groups -OCH3 is 1. The number of pyridine rings is 1. The Morgan fingerprint density at radius 3 is 2.27 bits per heavy atom. The Kier molecular flexibility index (Phi) is 10.4. The lowest BCUT2D eigenvalue weighted by molar-refractivity contribution is -0.124. The molecule has 0 atom stereocenters. The summed E-state index contributed by atoms with van der Waals surface area (Å²) in [5, 5.41) is 7.74. The third-order valence-corrected chi connectivity index (χ3v) is 13.0. The van der Waals surface area contributed by atoms with Gasteiger partial charge in [0.05, 0.1) is 18.8 Å². The minimum atomic E-state index is -0.298. The van der Waals surface area contributed by atoms with Crippen LogP contribution in [-0.2, 0) is 20.5 Å². The molecule has 3 aromatic rings. The fourth-order valence-corrected chi connectivity index (χ4v) is 9.58. The number of aromatic nitrogens is 3. The van der Waals surface area contributed by atoms with E-state index in [0.29, 0.717) is 32.2 Å². The molecule has 0 unspecified atom stereocenters. The van der Waals surface area contributed by atoms with Gasteiger partial charge >= 0.3 is 6.09 Å². The molecule has 0 saturated heterocycles. The molecule has 2 amide bonds. The molecule has 5 aliphatic carbocycles. The van der Waals surface area contributed by atoms with Crippen molar-refractivity contribution in [3.05, 3.63) is 60.0 Å². The Bertz CT molecular complexity index is 1700. The second kappa shape index (κ2) is 14.9. The molecule has 1 N–H and O–H groups in total. The van der Waals surface area contributed by atoms with Gasteiger partial charge in [0.1, 0.15) is 17.7 Å². The molecule has 52 heavy (non-hydrogen) atoms. The van der Waals surface area contributed by atoms with Gasteiger partial charge in [-0.25, -0.2) is 9.78 Å². The smallest absolute Gasteiger partial charge is 0.407 e. The van der Waals surface area contributed by atoms with Gasteiger partial charge in [-0.05, 0) is 150 Å². The van der Waals surface area contributed by atoms with E-state index in [4.69, 9.17) is 14.5 Å². The van der Waals surface area contributed by atoms with Crippen molar-refractivity contribution in [3.63, 3.8) is 0 Å². The highest BCUT2D eigenvalue weighted by molar-refractivity contribution is 5.95. The molecule has 0 spiro atoms. The number of carbonyl (C=O) groups excluding carboxylic acids is 2. The monoisotopic (exact) mass is 709 g/mol. The van der Waals surface area contributed by atoms with Gasteiger partial charge in [0.25, 0.3) is 0 Å². The number of benzene rings is 1. The number of hydrogen-bond donors (Lipinski definition) is 1. The van der Waals surface area contributed by atoms with Crippen molar-refractivity contribution in [3.8, 4) is 16.9 Å². The van der Waals surface area contributed by atoms with Crippen molar-refractivity contribution in [1.29, 1.82) is 0 Å². The topological polar surface area (TPSA) is 98.6 Å². The van der Waals surface area contributed by atoms with Gasteiger partial charge in [-0.2, -0.15) is 5.10 Å².